The van der Waals surface area contributed by atoms with Gasteiger partial charge in [-0.3, -0.25) is 19.7 Å². The summed E-state index contributed by atoms with van der Waals surface area (Å²) in [4.78, 5) is 42.3. The fourth-order valence-electron chi connectivity index (χ4n) is 6.66. The number of nitrogens with zero attached hydrogens (tertiary/aromatic N) is 3. The smallest absolute Gasteiger partial charge is 0.414 e. The molecule has 3 heterocycles. The van der Waals surface area contributed by atoms with Gasteiger partial charge in [0.05, 0.1) is 12.6 Å². The number of hydrogen-bond acceptors (Lipinski definition) is 5. The van der Waals surface area contributed by atoms with Crippen LogP contribution in [0.1, 0.15) is 50.3 Å². The van der Waals surface area contributed by atoms with Crippen LogP contribution in [0.25, 0.3) is 21.8 Å². The molecule has 6 rings (SSSR count). The normalized spacial score (nSPS) is 16.0. The lowest BCUT2D eigenvalue weighted by Gasteiger charge is -2.41. The van der Waals surface area contributed by atoms with Gasteiger partial charge in [-0.1, -0.05) is 49.6 Å². The molecule has 0 unspecified atom stereocenters. The lowest BCUT2D eigenvalue weighted by Crippen LogP contribution is -2.62. The summed E-state index contributed by atoms with van der Waals surface area (Å²) in [5.74, 6) is -0.254. The minimum Gasteiger partial charge on any atom is -0.452 e. The Balaban J connectivity index is 1.42. The number of amides is 2. The molecule has 8 heteroatoms. The first-order valence-corrected chi connectivity index (χ1v) is 14.9. The van der Waals surface area contributed by atoms with Gasteiger partial charge in [-0.15, -0.1) is 0 Å². The van der Waals surface area contributed by atoms with E-state index in [9.17, 15) is 9.59 Å². The molecule has 2 amide bonds. The van der Waals surface area contributed by atoms with E-state index in [0.717, 1.165) is 58.7 Å². The molecule has 0 spiro atoms. The maximum absolute atomic E-state index is 14.6. The fourth-order valence-corrected chi connectivity index (χ4v) is 6.66. The number of anilines is 1. The second-order valence-electron chi connectivity index (χ2n) is 11.7. The molecule has 43 heavy (non-hydrogen) atoms. The number of para-hydroxylation sites is 1. The van der Waals surface area contributed by atoms with Gasteiger partial charge in [0.2, 0.25) is 5.91 Å². The van der Waals surface area contributed by atoms with Crippen LogP contribution in [0.2, 0.25) is 0 Å². The van der Waals surface area contributed by atoms with Crippen molar-refractivity contribution in [2.24, 2.45) is 0 Å². The van der Waals surface area contributed by atoms with Crippen LogP contribution in [0.5, 0.6) is 0 Å². The number of carbonyl (C=O) groups excluding carboxylic acids is 2. The van der Waals surface area contributed by atoms with E-state index in [2.05, 4.69) is 21.4 Å². The first kappa shape index (κ1) is 28.4. The molecule has 0 bridgehead atoms. The second kappa shape index (κ2) is 11.9. The first-order chi connectivity index (χ1) is 20.9. The zero-order chi connectivity index (χ0) is 29.9. The highest BCUT2D eigenvalue weighted by Crippen LogP contribution is 2.39. The van der Waals surface area contributed by atoms with Gasteiger partial charge < -0.3 is 15.0 Å². The molecule has 2 aromatic carbocycles. The van der Waals surface area contributed by atoms with E-state index in [1.54, 1.807) is 6.20 Å². The first-order valence-electron chi connectivity index (χ1n) is 14.9. The van der Waals surface area contributed by atoms with Crippen LogP contribution in [-0.4, -0.2) is 46.1 Å². The van der Waals surface area contributed by atoms with E-state index in [0.29, 0.717) is 12.2 Å². The number of pyridine rings is 2. The predicted octanol–water partition coefficient (Wildman–Crippen LogP) is 6.70. The third-order valence-electron chi connectivity index (χ3n) is 9.00. The number of aromatic amines is 1. The minimum absolute atomic E-state index is 0.254. The number of carbonyl (C=O) groups is 2. The summed E-state index contributed by atoms with van der Waals surface area (Å²) in [6.45, 7) is 2.26. The number of methoxy groups -OCH3 is 1. The Morgan fingerprint density at radius 2 is 1.77 bits per heavy atom. The Bertz CT molecular complexity index is 1740. The SMILES string of the molecule is COC(=O)N(c1ccc2ncccc2c1)[C@@](C)(Cc1c[nH]c2ccccc12)C(=O)NCC1(c2ccccn2)CCCCC1. The largest absolute Gasteiger partial charge is 0.452 e. The van der Waals surface area contributed by atoms with Crippen molar-refractivity contribution in [2.45, 2.75) is 56.4 Å². The molecule has 0 aliphatic heterocycles. The molecule has 0 saturated heterocycles. The molecular formula is C35H37N5O3. The van der Waals surface area contributed by atoms with Crippen molar-refractivity contribution in [2.75, 3.05) is 18.6 Å². The lowest BCUT2D eigenvalue weighted by molar-refractivity contribution is -0.126. The number of hydrogen-bond donors (Lipinski definition) is 2. The number of aromatic nitrogens is 3. The van der Waals surface area contributed by atoms with Gasteiger partial charge >= 0.3 is 6.09 Å². The number of nitrogens with one attached hydrogen (secondary N) is 2. The number of ether oxygens (including phenoxy) is 1. The lowest BCUT2D eigenvalue weighted by atomic mass is 9.71. The second-order valence-corrected chi connectivity index (χ2v) is 11.7. The average Bonchev–Trinajstić information content (AvgIpc) is 3.46. The number of rotatable bonds is 8. The molecule has 220 valence electrons. The van der Waals surface area contributed by atoms with Crippen LogP contribution in [0, 0.1) is 0 Å². The zero-order valence-electron chi connectivity index (χ0n) is 24.7. The topological polar surface area (TPSA) is 100 Å². The molecule has 1 fully saturated rings. The Morgan fingerprint density at radius 1 is 0.977 bits per heavy atom. The maximum atomic E-state index is 14.6. The summed E-state index contributed by atoms with van der Waals surface area (Å²) in [6.07, 6.45) is 10.4. The van der Waals surface area contributed by atoms with Crippen molar-refractivity contribution < 1.29 is 14.3 Å². The molecular weight excluding hydrogens is 538 g/mol. The van der Waals surface area contributed by atoms with Gasteiger partial charge in [0.15, 0.2) is 0 Å². The van der Waals surface area contributed by atoms with Crippen LogP contribution in [0.15, 0.2) is 91.4 Å². The fraction of sp³-hybridized carbons (Fsp3) is 0.314. The molecule has 1 aliphatic carbocycles. The monoisotopic (exact) mass is 575 g/mol. The summed E-state index contributed by atoms with van der Waals surface area (Å²) in [6, 6.07) is 23.3. The number of fused-ring (bicyclic) bond motifs is 2. The Kier molecular flexibility index (Phi) is 7.84. The van der Waals surface area contributed by atoms with Gasteiger partial charge in [-0.25, -0.2) is 4.79 Å². The van der Waals surface area contributed by atoms with Crippen LogP contribution in [0.3, 0.4) is 0 Å². The zero-order valence-corrected chi connectivity index (χ0v) is 24.7. The van der Waals surface area contributed by atoms with E-state index in [4.69, 9.17) is 9.72 Å². The van der Waals surface area contributed by atoms with Crippen LogP contribution < -0.4 is 10.2 Å². The summed E-state index contributed by atoms with van der Waals surface area (Å²) in [5, 5.41) is 5.18. The Morgan fingerprint density at radius 3 is 2.56 bits per heavy atom. The van der Waals surface area contributed by atoms with E-state index >= 15 is 0 Å². The highest BCUT2D eigenvalue weighted by Gasteiger charge is 2.46. The van der Waals surface area contributed by atoms with Crippen molar-refractivity contribution in [1.29, 1.82) is 0 Å². The summed E-state index contributed by atoms with van der Waals surface area (Å²) < 4.78 is 5.34. The summed E-state index contributed by atoms with van der Waals surface area (Å²) >= 11 is 0. The summed E-state index contributed by atoms with van der Waals surface area (Å²) in [5.41, 5.74) is 2.66. The van der Waals surface area contributed by atoms with E-state index in [1.165, 1.54) is 18.4 Å². The summed E-state index contributed by atoms with van der Waals surface area (Å²) in [7, 11) is 1.35. The van der Waals surface area contributed by atoms with Crippen molar-refractivity contribution in [3.63, 3.8) is 0 Å². The van der Waals surface area contributed by atoms with Gasteiger partial charge in [-0.2, -0.15) is 0 Å². The Labute approximate surface area is 251 Å². The molecule has 1 aliphatic rings. The van der Waals surface area contributed by atoms with Crippen LogP contribution in [0.4, 0.5) is 10.5 Å². The molecule has 5 aromatic rings. The quantitative estimate of drug-likeness (QED) is 0.214. The molecule has 1 atom stereocenters. The van der Waals surface area contributed by atoms with Crippen LogP contribution >= 0.6 is 0 Å². The van der Waals surface area contributed by atoms with Crippen LogP contribution in [-0.2, 0) is 21.4 Å². The van der Waals surface area contributed by atoms with Crippen molar-refractivity contribution >= 4 is 39.5 Å². The van der Waals surface area contributed by atoms with E-state index in [1.807, 2.05) is 86.0 Å². The van der Waals surface area contributed by atoms with Gasteiger partial charge in [-0.05, 0) is 67.8 Å². The maximum Gasteiger partial charge on any atom is 0.414 e. The molecule has 0 radical (unpaired) electrons. The number of benzene rings is 2. The molecule has 1 saturated carbocycles. The van der Waals surface area contributed by atoms with Crippen molar-refractivity contribution in [1.82, 2.24) is 20.3 Å². The van der Waals surface area contributed by atoms with Gasteiger partial charge in [0.25, 0.3) is 0 Å². The number of H-pyrrole nitrogens is 1. The van der Waals surface area contributed by atoms with Gasteiger partial charge in [0.1, 0.15) is 5.54 Å². The standard InChI is InChI=1S/C35H37N5O3/c1-34(22-26-23-38-30-13-5-4-12-28(26)30,40(33(42)43-2)27-15-16-29-25(21-27)11-10-20-36-29)32(41)39-24-35(17-7-3-8-18-35)31-14-6-9-19-37-31/h4-6,9-16,19-21,23,38H,3,7-8,17-18,22,24H2,1-2H3,(H,39,41)/t34-/m0/s1. The van der Waals surface area contributed by atoms with Gasteiger partial charge in [0, 0.05) is 64.6 Å². The minimum atomic E-state index is -1.34. The molecule has 2 N–H and O–H groups in total. The predicted molar refractivity (Wildman–Crippen MR) is 169 cm³/mol. The highest BCUT2D eigenvalue weighted by atomic mass is 16.5. The van der Waals surface area contributed by atoms with E-state index in [-0.39, 0.29) is 17.7 Å². The van der Waals surface area contributed by atoms with Crippen molar-refractivity contribution in [3.05, 3.63) is 103 Å². The third-order valence-corrected chi connectivity index (χ3v) is 9.00. The Hall–Kier alpha value is -4.72. The van der Waals surface area contributed by atoms with Crippen molar-refractivity contribution in [3.8, 4) is 0 Å². The molecule has 8 nitrogen and oxygen atoms in total. The average molecular weight is 576 g/mol. The van der Waals surface area contributed by atoms with E-state index < -0.39 is 11.6 Å². The third kappa shape index (κ3) is 5.45. The highest BCUT2D eigenvalue weighted by molar-refractivity contribution is 6.02. The molecule has 3 aromatic heterocycles.